The first kappa shape index (κ1) is 25.3. The molecule has 1 saturated heterocycles. The zero-order valence-electron chi connectivity index (χ0n) is 19.1. The van der Waals surface area contributed by atoms with Crippen LogP contribution in [-0.4, -0.2) is 65.7 Å². The summed E-state index contributed by atoms with van der Waals surface area (Å²) in [6, 6.07) is 10.5. The van der Waals surface area contributed by atoms with Crippen molar-refractivity contribution in [1.29, 1.82) is 0 Å². The molecule has 1 atom stereocenters. The van der Waals surface area contributed by atoms with Gasteiger partial charge in [0.05, 0.1) is 30.4 Å². The monoisotopic (exact) mass is 520 g/mol. The Hall–Kier alpha value is -2.76. The van der Waals surface area contributed by atoms with E-state index in [4.69, 9.17) is 5.11 Å². The lowest BCUT2D eigenvalue weighted by atomic mass is 9.82. The number of sulfonamides is 1. The van der Waals surface area contributed by atoms with Crippen LogP contribution < -0.4 is 4.90 Å². The van der Waals surface area contributed by atoms with E-state index in [0.717, 1.165) is 53.3 Å². The third-order valence-corrected chi connectivity index (χ3v) is 9.63. The highest BCUT2D eigenvalue weighted by molar-refractivity contribution is 7.89. The number of rotatable bonds is 8. The molecule has 9 nitrogen and oxygen atoms in total. The molecular formula is C24H28N2O7S2. The Bertz CT molecular complexity index is 1200. The van der Waals surface area contributed by atoms with Gasteiger partial charge in [0.15, 0.2) is 0 Å². The number of carbonyl (C=O) groups excluding carboxylic acids is 1. The third-order valence-electron chi connectivity index (χ3n) is 6.69. The van der Waals surface area contributed by atoms with Gasteiger partial charge in [-0.25, -0.2) is 13.2 Å². The van der Waals surface area contributed by atoms with Gasteiger partial charge in [-0.05, 0) is 30.4 Å². The zero-order valence-corrected chi connectivity index (χ0v) is 20.8. The van der Waals surface area contributed by atoms with E-state index < -0.39 is 52.6 Å². The molecule has 2 aromatic rings. The van der Waals surface area contributed by atoms with Crippen LogP contribution in [0.25, 0.3) is 10.4 Å². The summed E-state index contributed by atoms with van der Waals surface area (Å²) in [6.07, 6.45) is 4.07. The molecule has 1 aliphatic heterocycles. The maximum absolute atomic E-state index is 13.5. The van der Waals surface area contributed by atoms with Crippen molar-refractivity contribution in [2.45, 2.75) is 44.6 Å². The number of aromatic carboxylic acids is 1. The number of nitrogens with zero attached hydrogens (tertiary/aromatic N) is 2. The van der Waals surface area contributed by atoms with Crippen LogP contribution in [0.5, 0.6) is 0 Å². The van der Waals surface area contributed by atoms with Crippen molar-refractivity contribution in [3.05, 3.63) is 41.3 Å². The molecule has 4 rings (SSSR count). The van der Waals surface area contributed by atoms with Gasteiger partial charge in [0, 0.05) is 11.4 Å². The molecule has 1 unspecified atom stereocenters. The maximum atomic E-state index is 13.5. The van der Waals surface area contributed by atoms with Gasteiger partial charge < -0.3 is 15.1 Å². The number of anilines is 1. The van der Waals surface area contributed by atoms with Gasteiger partial charge in [-0.1, -0.05) is 49.6 Å². The van der Waals surface area contributed by atoms with E-state index in [2.05, 4.69) is 0 Å². The second-order valence-corrected chi connectivity index (χ2v) is 12.1. The second kappa shape index (κ2) is 10.5. The van der Waals surface area contributed by atoms with E-state index in [-0.39, 0.29) is 17.3 Å². The molecule has 0 bridgehead atoms. The molecule has 1 saturated carbocycles. The van der Waals surface area contributed by atoms with E-state index >= 15 is 0 Å². The summed E-state index contributed by atoms with van der Waals surface area (Å²) in [5, 5.41) is 18.9. The SMILES string of the molecule is O=C(O)CCS(=O)(=O)N1CC(=O)N(c2cc(-c3ccccc3)sc2C(=O)O)C(C2CCCCC2)C1. The van der Waals surface area contributed by atoms with Crippen molar-refractivity contribution in [1.82, 2.24) is 4.31 Å². The van der Waals surface area contributed by atoms with Crippen LogP contribution in [0.1, 0.15) is 48.2 Å². The predicted molar refractivity (Wildman–Crippen MR) is 132 cm³/mol. The molecule has 1 aliphatic carbocycles. The van der Waals surface area contributed by atoms with Gasteiger partial charge >= 0.3 is 11.9 Å². The Labute approximate surface area is 208 Å². The van der Waals surface area contributed by atoms with E-state index in [0.29, 0.717) is 10.6 Å². The Morgan fingerprint density at radius 3 is 2.37 bits per heavy atom. The summed E-state index contributed by atoms with van der Waals surface area (Å²) >= 11 is 1.09. The molecule has 35 heavy (non-hydrogen) atoms. The average molecular weight is 521 g/mol. The van der Waals surface area contributed by atoms with Crippen LogP contribution in [-0.2, 0) is 19.6 Å². The van der Waals surface area contributed by atoms with E-state index in [9.17, 15) is 27.9 Å². The fourth-order valence-electron chi connectivity index (χ4n) is 4.97. The lowest BCUT2D eigenvalue weighted by Crippen LogP contribution is -2.61. The molecule has 2 aliphatic rings. The number of piperazine rings is 1. The molecule has 1 aromatic heterocycles. The minimum atomic E-state index is -3.96. The van der Waals surface area contributed by atoms with E-state index in [1.54, 1.807) is 6.07 Å². The summed E-state index contributed by atoms with van der Waals surface area (Å²) < 4.78 is 26.8. The molecule has 1 aromatic carbocycles. The number of amides is 1. The number of benzene rings is 1. The highest BCUT2D eigenvalue weighted by Crippen LogP contribution is 2.41. The second-order valence-electron chi connectivity index (χ2n) is 8.98. The predicted octanol–water partition coefficient (Wildman–Crippen LogP) is 3.52. The first-order valence-electron chi connectivity index (χ1n) is 11.6. The smallest absolute Gasteiger partial charge is 0.348 e. The largest absolute Gasteiger partial charge is 0.481 e. The molecule has 2 N–H and O–H groups in total. The molecule has 2 heterocycles. The summed E-state index contributed by atoms with van der Waals surface area (Å²) in [7, 11) is -3.96. The van der Waals surface area contributed by atoms with Gasteiger partial charge in [-0.15, -0.1) is 11.3 Å². The maximum Gasteiger partial charge on any atom is 0.348 e. The fourth-order valence-corrected chi connectivity index (χ4v) is 7.35. The van der Waals surface area contributed by atoms with Gasteiger partial charge in [0.2, 0.25) is 15.9 Å². The fraction of sp³-hybridized carbons (Fsp3) is 0.458. The number of carboxylic acids is 2. The van der Waals surface area contributed by atoms with Crippen molar-refractivity contribution in [3.63, 3.8) is 0 Å². The van der Waals surface area contributed by atoms with Crippen LogP contribution in [0.15, 0.2) is 36.4 Å². The third kappa shape index (κ3) is 5.57. The van der Waals surface area contributed by atoms with Crippen molar-refractivity contribution >= 4 is 44.9 Å². The van der Waals surface area contributed by atoms with Crippen LogP contribution >= 0.6 is 11.3 Å². The highest BCUT2D eigenvalue weighted by Gasteiger charge is 2.43. The summed E-state index contributed by atoms with van der Waals surface area (Å²) in [5.41, 5.74) is 1.13. The zero-order chi connectivity index (χ0) is 25.2. The summed E-state index contributed by atoms with van der Waals surface area (Å²) in [4.78, 5) is 38.9. The first-order chi connectivity index (χ1) is 16.7. The lowest BCUT2D eigenvalue weighted by Gasteiger charge is -2.44. The van der Waals surface area contributed by atoms with Gasteiger partial charge in [0.1, 0.15) is 4.88 Å². The number of carbonyl (C=O) groups is 3. The number of thiophene rings is 1. The molecule has 188 valence electrons. The van der Waals surface area contributed by atoms with Crippen LogP contribution in [0.4, 0.5) is 5.69 Å². The quantitative estimate of drug-likeness (QED) is 0.544. The summed E-state index contributed by atoms with van der Waals surface area (Å²) in [6.45, 7) is -0.422. The molecule has 11 heteroatoms. The minimum absolute atomic E-state index is 0.0203. The molecule has 0 radical (unpaired) electrons. The normalized spacial score (nSPS) is 20.2. The summed E-state index contributed by atoms with van der Waals surface area (Å²) in [5.74, 6) is -3.42. The molecule has 2 fully saturated rings. The Kier molecular flexibility index (Phi) is 7.58. The topological polar surface area (TPSA) is 132 Å². The Morgan fingerprint density at radius 1 is 1.06 bits per heavy atom. The Balaban J connectivity index is 1.73. The Morgan fingerprint density at radius 2 is 1.74 bits per heavy atom. The minimum Gasteiger partial charge on any atom is -0.481 e. The van der Waals surface area contributed by atoms with E-state index in [1.165, 1.54) is 4.90 Å². The van der Waals surface area contributed by atoms with Crippen molar-refractivity contribution in [2.75, 3.05) is 23.7 Å². The number of hydrogen-bond donors (Lipinski definition) is 2. The van der Waals surface area contributed by atoms with Crippen molar-refractivity contribution < 1.29 is 33.0 Å². The van der Waals surface area contributed by atoms with Gasteiger partial charge in [-0.3, -0.25) is 9.59 Å². The van der Waals surface area contributed by atoms with Crippen LogP contribution in [0, 0.1) is 5.92 Å². The average Bonchev–Trinajstić information content (AvgIpc) is 3.29. The number of aliphatic carboxylic acids is 1. The van der Waals surface area contributed by atoms with Crippen molar-refractivity contribution in [2.24, 2.45) is 5.92 Å². The van der Waals surface area contributed by atoms with Gasteiger partial charge in [-0.2, -0.15) is 4.31 Å². The lowest BCUT2D eigenvalue weighted by molar-refractivity contribution is -0.136. The van der Waals surface area contributed by atoms with Gasteiger partial charge in [0.25, 0.3) is 0 Å². The van der Waals surface area contributed by atoms with Crippen LogP contribution in [0.2, 0.25) is 0 Å². The van der Waals surface area contributed by atoms with Crippen molar-refractivity contribution in [3.8, 4) is 10.4 Å². The molecular weight excluding hydrogens is 492 g/mol. The number of hydrogen-bond acceptors (Lipinski definition) is 6. The van der Waals surface area contributed by atoms with E-state index in [1.807, 2.05) is 30.3 Å². The van der Waals surface area contributed by atoms with Crippen LogP contribution in [0.3, 0.4) is 0 Å². The molecule has 0 spiro atoms. The highest BCUT2D eigenvalue weighted by atomic mass is 32.2. The first-order valence-corrected chi connectivity index (χ1v) is 14.0. The molecule has 1 amide bonds. The number of carboxylic acid groups (broad SMARTS) is 2. The standard InChI is InChI=1S/C24H28N2O7S2/c27-21-15-25(35(32,33)12-11-22(28)29)14-19(16-7-3-1-4-8-16)26(21)18-13-20(34-23(18)24(30)31)17-9-5-2-6-10-17/h2,5-6,9-10,13,16,19H,1,3-4,7-8,11-12,14-15H2,(H,28,29)(H,30,31).